The van der Waals surface area contributed by atoms with Crippen molar-refractivity contribution < 1.29 is 4.79 Å². The molecule has 1 aliphatic heterocycles. The molecule has 0 aliphatic carbocycles. The number of hydrogen-bond donors (Lipinski definition) is 2. The first-order chi connectivity index (χ1) is 4.83. The summed E-state index contributed by atoms with van der Waals surface area (Å²) in [4.78, 5) is 10.9. The van der Waals surface area contributed by atoms with Gasteiger partial charge in [0.15, 0.2) is 0 Å². The molecule has 3 nitrogen and oxygen atoms in total. The summed E-state index contributed by atoms with van der Waals surface area (Å²) in [5, 5.41) is 6.01. The van der Waals surface area contributed by atoms with Gasteiger partial charge in [-0.1, -0.05) is 6.92 Å². The second-order valence-electron chi connectivity index (χ2n) is 2.67. The van der Waals surface area contributed by atoms with E-state index in [9.17, 15) is 4.79 Å². The molecule has 2 N–H and O–H groups in total. The lowest BCUT2D eigenvalue weighted by Crippen LogP contribution is -2.56. The molecule has 0 unspecified atom stereocenters. The van der Waals surface area contributed by atoms with Crippen LogP contribution in [0.1, 0.15) is 19.8 Å². The molecule has 0 spiro atoms. The Morgan fingerprint density at radius 3 is 2.64 bits per heavy atom. The van der Waals surface area contributed by atoms with E-state index in [4.69, 9.17) is 0 Å². The van der Waals surface area contributed by atoms with E-state index in [1.54, 1.807) is 0 Å². The summed E-state index contributed by atoms with van der Waals surface area (Å²) in [6.45, 7) is 3.89. The second-order valence-corrected chi connectivity index (χ2v) is 2.67. The third-order valence-electron chi connectivity index (χ3n) is 1.62. The smallest absolute Gasteiger partial charge is 0.220 e. The number of carbonyl (C=O) groups excluding carboxylic acids is 1. The predicted molar refractivity (Wildman–Crippen MR) is 47.0 cm³/mol. The molecular weight excluding hydrogens is 164 g/mol. The highest BCUT2D eigenvalue weighted by Crippen LogP contribution is 1.93. The van der Waals surface area contributed by atoms with E-state index >= 15 is 0 Å². The van der Waals surface area contributed by atoms with E-state index in [-0.39, 0.29) is 18.3 Å². The molecular formula is C7H15ClN2O. The Hall–Kier alpha value is -0.280. The Kier molecular flexibility index (Phi) is 5.24. The standard InChI is InChI=1S/C7H14N2O.ClH/c1-2-3-7(10)9-6-4-8-5-6;/h6,8H,2-5H2,1H3,(H,9,10);1H. The molecule has 0 saturated carbocycles. The maximum atomic E-state index is 10.9. The van der Waals surface area contributed by atoms with E-state index in [1.165, 1.54) is 0 Å². The normalized spacial score (nSPS) is 16.5. The fraction of sp³-hybridized carbons (Fsp3) is 0.857. The highest BCUT2D eigenvalue weighted by atomic mass is 35.5. The van der Waals surface area contributed by atoms with E-state index < -0.39 is 0 Å². The first-order valence-corrected chi connectivity index (χ1v) is 3.83. The number of carbonyl (C=O) groups is 1. The van der Waals surface area contributed by atoms with Crippen LogP contribution < -0.4 is 10.6 Å². The van der Waals surface area contributed by atoms with Crippen LogP contribution in [0.3, 0.4) is 0 Å². The van der Waals surface area contributed by atoms with Gasteiger partial charge in [0.25, 0.3) is 0 Å². The van der Waals surface area contributed by atoms with Crippen LogP contribution in [0.15, 0.2) is 0 Å². The Morgan fingerprint density at radius 2 is 2.27 bits per heavy atom. The van der Waals surface area contributed by atoms with Crippen molar-refractivity contribution in [3.63, 3.8) is 0 Å². The maximum absolute atomic E-state index is 10.9. The second kappa shape index (κ2) is 5.38. The van der Waals surface area contributed by atoms with Crippen LogP contribution in [0, 0.1) is 0 Å². The van der Waals surface area contributed by atoms with Gasteiger partial charge in [-0.3, -0.25) is 4.79 Å². The Balaban J connectivity index is 0.000001000. The topological polar surface area (TPSA) is 41.1 Å². The van der Waals surface area contributed by atoms with Crippen LogP contribution in [0.5, 0.6) is 0 Å². The summed E-state index contributed by atoms with van der Waals surface area (Å²) in [5.41, 5.74) is 0. The van der Waals surface area contributed by atoms with Gasteiger partial charge in [0.1, 0.15) is 0 Å². The van der Waals surface area contributed by atoms with Crippen LogP contribution in [0.4, 0.5) is 0 Å². The fourth-order valence-corrected chi connectivity index (χ4v) is 0.918. The van der Waals surface area contributed by atoms with Gasteiger partial charge in [-0.25, -0.2) is 0 Å². The van der Waals surface area contributed by atoms with Crippen molar-refractivity contribution in [2.75, 3.05) is 13.1 Å². The third kappa shape index (κ3) is 3.58. The molecule has 0 radical (unpaired) electrons. The van der Waals surface area contributed by atoms with E-state index in [0.717, 1.165) is 19.5 Å². The minimum absolute atomic E-state index is 0. The lowest BCUT2D eigenvalue weighted by atomic mass is 10.2. The average Bonchev–Trinajstić information content (AvgIpc) is 1.80. The monoisotopic (exact) mass is 178 g/mol. The number of hydrogen-bond acceptors (Lipinski definition) is 2. The molecule has 0 aromatic rings. The fourth-order valence-electron chi connectivity index (χ4n) is 0.918. The molecule has 4 heteroatoms. The van der Waals surface area contributed by atoms with Crippen LogP contribution in [0.2, 0.25) is 0 Å². The summed E-state index contributed by atoms with van der Waals surface area (Å²) >= 11 is 0. The largest absolute Gasteiger partial charge is 0.351 e. The molecule has 0 aromatic heterocycles. The zero-order chi connectivity index (χ0) is 7.40. The van der Waals surface area contributed by atoms with Crippen molar-refractivity contribution in [2.24, 2.45) is 0 Å². The van der Waals surface area contributed by atoms with Gasteiger partial charge >= 0.3 is 0 Å². The van der Waals surface area contributed by atoms with E-state index in [0.29, 0.717) is 12.5 Å². The van der Waals surface area contributed by atoms with E-state index in [1.807, 2.05) is 6.92 Å². The van der Waals surface area contributed by atoms with E-state index in [2.05, 4.69) is 10.6 Å². The number of halogens is 1. The quantitative estimate of drug-likeness (QED) is 0.653. The number of amides is 1. The molecule has 1 heterocycles. The number of rotatable bonds is 3. The van der Waals surface area contributed by atoms with Gasteiger partial charge in [-0.2, -0.15) is 0 Å². The molecule has 66 valence electrons. The average molecular weight is 179 g/mol. The summed E-state index contributed by atoms with van der Waals surface area (Å²) < 4.78 is 0. The zero-order valence-electron chi connectivity index (χ0n) is 6.72. The SMILES string of the molecule is CCCC(=O)NC1CNC1.Cl. The molecule has 0 atom stereocenters. The van der Waals surface area contributed by atoms with Crippen LogP contribution in [-0.4, -0.2) is 25.0 Å². The summed E-state index contributed by atoms with van der Waals surface area (Å²) in [5.74, 6) is 0.189. The molecule has 1 aliphatic rings. The first kappa shape index (κ1) is 10.7. The predicted octanol–water partition coefficient (Wildman–Crippen LogP) is 0.296. The molecule has 1 saturated heterocycles. The van der Waals surface area contributed by atoms with Crippen molar-refractivity contribution in [1.82, 2.24) is 10.6 Å². The molecule has 1 amide bonds. The van der Waals surface area contributed by atoms with Crippen molar-refractivity contribution in [3.05, 3.63) is 0 Å². The molecule has 11 heavy (non-hydrogen) atoms. The maximum Gasteiger partial charge on any atom is 0.220 e. The third-order valence-corrected chi connectivity index (χ3v) is 1.62. The number of nitrogens with one attached hydrogen (secondary N) is 2. The lowest BCUT2D eigenvalue weighted by Gasteiger charge is -2.27. The van der Waals surface area contributed by atoms with Gasteiger partial charge in [0.2, 0.25) is 5.91 Å². The van der Waals surface area contributed by atoms with Crippen molar-refractivity contribution in [2.45, 2.75) is 25.8 Å². The van der Waals surface area contributed by atoms with Crippen LogP contribution >= 0.6 is 12.4 Å². The minimum Gasteiger partial charge on any atom is -0.351 e. The molecule has 0 bridgehead atoms. The molecule has 1 rings (SSSR count). The molecule has 1 fully saturated rings. The highest BCUT2D eigenvalue weighted by Gasteiger charge is 2.17. The van der Waals surface area contributed by atoms with Crippen molar-refractivity contribution >= 4 is 18.3 Å². The van der Waals surface area contributed by atoms with Crippen LogP contribution in [-0.2, 0) is 4.79 Å². The Bertz CT molecular complexity index is 126. The van der Waals surface area contributed by atoms with Gasteiger partial charge in [0, 0.05) is 19.5 Å². The Morgan fingerprint density at radius 1 is 1.64 bits per heavy atom. The first-order valence-electron chi connectivity index (χ1n) is 3.83. The zero-order valence-corrected chi connectivity index (χ0v) is 7.54. The van der Waals surface area contributed by atoms with Gasteiger partial charge < -0.3 is 10.6 Å². The van der Waals surface area contributed by atoms with Crippen molar-refractivity contribution in [3.8, 4) is 0 Å². The van der Waals surface area contributed by atoms with Crippen LogP contribution in [0.25, 0.3) is 0 Å². The Labute approximate surface area is 73.3 Å². The lowest BCUT2D eigenvalue weighted by molar-refractivity contribution is -0.122. The summed E-state index contributed by atoms with van der Waals surface area (Å²) in [6, 6.07) is 0.402. The van der Waals surface area contributed by atoms with Crippen molar-refractivity contribution in [1.29, 1.82) is 0 Å². The van der Waals surface area contributed by atoms with Gasteiger partial charge in [-0.15, -0.1) is 12.4 Å². The minimum atomic E-state index is 0. The van der Waals surface area contributed by atoms with Gasteiger partial charge in [0.05, 0.1) is 6.04 Å². The van der Waals surface area contributed by atoms with Gasteiger partial charge in [-0.05, 0) is 6.42 Å². The summed E-state index contributed by atoms with van der Waals surface area (Å²) in [6.07, 6.45) is 1.60. The highest BCUT2D eigenvalue weighted by molar-refractivity contribution is 5.85. The summed E-state index contributed by atoms with van der Waals surface area (Å²) in [7, 11) is 0. The molecule has 0 aromatic carbocycles.